The van der Waals surface area contributed by atoms with E-state index in [1.54, 1.807) is 0 Å². The number of hydrogen-bond donors (Lipinski definition) is 2. The van der Waals surface area contributed by atoms with Gasteiger partial charge in [0.05, 0.1) is 22.8 Å². The molecule has 1 unspecified atom stereocenters. The molecule has 28 heavy (non-hydrogen) atoms. The number of thioether (sulfide) groups is 1. The van der Waals surface area contributed by atoms with Crippen molar-refractivity contribution in [3.63, 3.8) is 0 Å². The number of aromatic amines is 1. The number of H-pyrrole nitrogens is 1. The Labute approximate surface area is 168 Å². The largest absolute Gasteiger partial charge is 0.486 e. The molecule has 0 fully saturated rings. The minimum atomic E-state index is -0.0976. The monoisotopic (exact) mass is 397 g/mol. The number of carbonyl (C=O) groups is 1. The number of imidazole rings is 1. The molecule has 6 nitrogen and oxygen atoms in total. The maximum atomic E-state index is 12.6. The number of amides is 1. The molecule has 146 valence electrons. The van der Waals surface area contributed by atoms with Crippen LogP contribution in [0.1, 0.15) is 25.5 Å². The summed E-state index contributed by atoms with van der Waals surface area (Å²) in [6.07, 6.45) is 0. The number of fused-ring (bicyclic) bond motifs is 2. The molecule has 7 heteroatoms. The first-order valence-electron chi connectivity index (χ1n) is 9.36. The van der Waals surface area contributed by atoms with Crippen LogP contribution in [0, 0.1) is 5.92 Å². The molecule has 1 amide bonds. The lowest BCUT2D eigenvalue weighted by Gasteiger charge is -2.25. The normalized spacial score (nSPS) is 14.2. The van der Waals surface area contributed by atoms with E-state index in [1.165, 1.54) is 11.8 Å². The summed E-state index contributed by atoms with van der Waals surface area (Å²) in [4.78, 5) is 20.3. The van der Waals surface area contributed by atoms with Gasteiger partial charge in [0.15, 0.2) is 16.7 Å². The number of nitrogens with one attached hydrogen (secondary N) is 2. The number of benzene rings is 2. The zero-order valence-electron chi connectivity index (χ0n) is 15.9. The second-order valence-corrected chi connectivity index (χ2v) is 8.00. The highest BCUT2D eigenvalue weighted by Crippen LogP contribution is 2.34. The van der Waals surface area contributed by atoms with Gasteiger partial charge in [-0.1, -0.05) is 43.8 Å². The fourth-order valence-corrected chi connectivity index (χ4v) is 3.93. The van der Waals surface area contributed by atoms with Crippen LogP contribution in [0.2, 0.25) is 0 Å². The van der Waals surface area contributed by atoms with Crippen molar-refractivity contribution >= 4 is 28.7 Å². The summed E-state index contributed by atoms with van der Waals surface area (Å²) in [6, 6.07) is 13.6. The Morgan fingerprint density at radius 3 is 2.75 bits per heavy atom. The molecule has 0 aliphatic carbocycles. The third kappa shape index (κ3) is 4.09. The number of hydrogen-bond acceptors (Lipinski definition) is 5. The molecular weight excluding hydrogens is 374 g/mol. The zero-order chi connectivity index (χ0) is 19.5. The van der Waals surface area contributed by atoms with Gasteiger partial charge in [0, 0.05) is 0 Å². The molecule has 0 saturated heterocycles. The average Bonchev–Trinajstić information content (AvgIpc) is 3.13. The summed E-state index contributed by atoms with van der Waals surface area (Å²) >= 11 is 1.40. The van der Waals surface area contributed by atoms with E-state index in [0.717, 1.165) is 33.3 Å². The Balaban J connectivity index is 1.42. The van der Waals surface area contributed by atoms with E-state index < -0.39 is 0 Å². The van der Waals surface area contributed by atoms with Crippen molar-refractivity contribution in [3.05, 3.63) is 48.0 Å². The van der Waals surface area contributed by atoms with Crippen LogP contribution in [-0.4, -0.2) is 34.8 Å². The van der Waals surface area contributed by atoms with Gasteiger partial charge in [-0.05, 0) is 35.7 Å². The summed E-state index contributed by atoms with van der Waals surface area (Å²) in [5.74, 6) is 2.00. The number of carbonyl (C=O) groups excluding carboxylic acids is 1. The first kappa shape index (κ1) is 18.7. The molecule has 0 saturated carbocycles. The lowest BCUT2D eigenvalue weighted by molar-refractivity contribution is -0.119. The second kappa shape index (κ2) is 8.14. The Bertz CT molecular complexity index is 953. The lowest BCUT2D eigenvalue weighted by Crippen LogP contribution is -2.33. The van der Waals surface area contributed by atoms with Crippen molar-refractivity contribution in [2.45, 2.75) is 25.0 Å². The van der Waals surface area contributed by atoms with E-state index in [4.69, 9.17) is 9.47 Å². The third-order valence-corrected chi connectivity index (χ3v) is 5.49. The second-order valence-electron chi connectivity index (χ2n) is 7.04. The summed E-state index contributed by atoms with van der Waals surface area (Å²) < 4.78 is 11.3. The molecule has 1 aromatic heterocycles. The highest BCUT2D eigenvalue weighted by atomic mass is 32.2. The molecule has 0 spiro atoms. The van der Waals surface area contributed by atoms with Crippen LogP contribution in [0.4, 0.5) is 0 Å². The van der Waals surface area contributed by atoms with Gasteiger partial charge in [0.2, 0.25) is 5.91 Å². The standard InChI is InChI=1S/C21H23N3O3S/c1-13(2)20(14-7-8-17-18(11-14)27-10-9-26-17)24-19(25)12-28-21-22-15-5-3-4-6-16(15)23-21/h3-8,11,13,20H,9-10,12H2,1-2H3,(H,22,23)(H,24,25). The van der Waals surface area contributed by atoms with Crippen LogP contribution in [0.5, 0.6) is 11.5 Å². The van der Waals surface area contributed by atoms with Crippen LogP contribution >= 0.6 is 11.8 Å². The predicted molar refractivity (Wildman–Crippen MR) is 110 cm³/mol. The molecule has 0 bridgehead atoms. The lowest BCUT2D eigenvalue weighted by atomic mass is 9.95. The number of aromatic nitrogens is 2. The molecule has 0 radical (unpaired) electrons. The van der Waals surface area contributed by atoms with Crippen LogP contribution in [0.3, 0.4) is 0 Å². The maximum absolute atomic E-state index is 12.6. The molecule has 2 N–H and O–H groups in total. The Morgan fingerprint density at radius 2 is 1.96 bits per heavy atom. The van der Waals surface area contributed by atoms with Crippen LogP contribution in [-0.2, 0) is 4.79 Å². The first-order chi connectivity index (χ1) is 13.6. The molecule has 2 aromatic carbocycles. The zero-order valence-corrected chi connectivity index (χ0v) is 16.7. The van der Waals surface area contributed by atoms with Crippen molar-refractivity contribution < 1.29 is 14.3 Å². The van der Waals surface area contributed by atoms with Gasteiger partial charge in [0.1, 0.15) is 13.2 Å². The minimum Gasteiger partial charge on any atom is -0.486 e. The molecule has 4 rings (SSSR count). The molecular formula is C21H23N3O3S. The van der Waals surface area contributed by atoms with Gasteiger partial charge >= 0.3 is 0 Å². The van der Waals surface area contributed by atoms with Crippen molar-refractivity contribution in [1.82, 2.24) is 15.3 Å². The summed E-state index contributed by atoms with van der Waals surface area (Å²) in [5, 5.41) is 3.89. The van der Waals surface area contributed by atoms with Crippen molar-refractivity contribution in [1.29, 1.82) is 0 Å². The van der Waals surface area contributed by atoms with Gasteiger partial charge in [-0.3, -0.25) is 4.79 Å². The fourth-order valence-electron chi connectivity index (χ4n) is 3.24. The Hall–Kier alpha value is -2.67. The smallest absolute Gasteiger partial charge is 0.230 e. The van der Waals surface area contributed by atoms with Crippen molar-refractivity contribution in [2.24, 2.45) is 5.92 Å². The van der Waals surface area contributed by atoms with Gasteiger partial charge in [-0.15, -0.1) is 0 Å². The number of rotatable bonds is 6. The number of ether oxygens (including phenoxy) is 2. The Morgan fingerprint density at radius 1 is 1.18 bits per heavy atom. The highest BCUT2D eigenvalue weighted by molar-refractivity contribution is 7.99. The van der Waals surface area contributed by atoms with E-state index in [1.807, 2.05) is 42.5 Å². The highest BCUT2D eigenvalue weighted by Gasteiger charge is 2.21. The van der Waals surface area contributed by atoms with E-state index in [-0.39, 0.29) is 17.9 Å². The fraction of sp³-hybridized carbons (Fsp3) is 0.333. The minimum absolute atomic E-state index is 0.0287. The van der Waals surface area contributed by atoms with Crippen LogP contribution < -0.4 is 14.8 Å². The maximum Gasteiger partial charge on any atom is 0.230 e. The van der Waals surface area contributed by atoms with Crippen molar-refractivity contribution in [3.8, 4) is 11.5 Å². The van der Waals surface area contributed by atoms with Gasteiger partial charge in [-0.25, -0.2) is 4.98 Å². The summed E-state index contributed by atoms with van der Waals surface area (Å²) in [5.41, 5.74) is 2.89. The summed E-state index contributed by atoms with van der Waals surface area (Å²) in [6.45, 7) is 5.29. The average molecular weight is 398 g/mol. The number of nitrogens with zero attached hydrogens (tertiary/aromatic N) is 1. The van der Waals surface area contributed by atoms with Gasteiger partial charge < -0.3 is 19.8 Å². The van der Waals surface area contributed by atoms with E-state index >= 15 is 0 Å². The van der Waals surface area contributed by atoms with E-state index in [9.17, 15) is 4.79 Å². The SMILES string of the molecule is CC(C)C(NC(=O)CSc1nc2ccccc2[nH]1)c1ccc2c(c1)OCCO2. The Kier molecular flexibility index (Phi) is 5.43. The van der Waals surface area contributed by atoms with Crippen LogP contribution in [0.15, 0.2) is 47.6 Å². The molecule has 1 aliphatic rings. The number of para-hydroxylation sites is 2. The third-order valence-electron chi connectivity index (χ3n) is 4.62. The predicted octanol–water partition coefficient (Wildman–Crippen LogP) is 3.94. The van der Waals surface area contributed by atoms with Crippen molar-refractivity contribution in [2.75, 3.05) is 19.0 Å². The topological polar surface area (TPSA) is 76.2 Å². The quantitative estimate of drug-likeness (QED) is 0.616. The summed E-state index contributed by atoms with van der Waals surface area (Å²) in [7, 11) is 0. The van der Waals surface area contributed by atoms with Gasteiger partial charge in [-0.2, -0.15) is 0 Å². The van der Waals surface area contributed by atoms with Crippen LogP contribution in [0.25, 0.3) is 11.0 Å². The van der Waals surface area contributed by atoms with Gasteiger partial charge in [0.25, 0.3) is 0 Å². The molecule has 2 heterocycles. The molecule has 1 atom stereocenters. The molecule has 1 aliphatic heterocycles. The first-order valence-corrected chi connectivity index (χ1v) is 10.3. The van der Waals surface area contributed by atoms with E-state index in [0.29, 0.717) is 19.0 Å². The molecule has 3 aromatic rings. The van der Waals surface area contributed by atoms with E-state index in [2.05, 4.69) is 29.1 Å².